The van der Waals surface area contributed by atoms with Crippen molar-refractivity contribution in [3.05, 3.63) is 42.2 Å². The van der Waals surface area contributed by atoms with E-state index in [-0.39, 0.29) is 0 Å². The summed E-state index contributed by atoms with van der Waals surface area (Å²) in [5.41, 5.74) is 1.38. The van der Waals surface area contributed by atoms with E-state index < -0.39 is 0 Å². The number of aromatic nitrogens is 1. The monoisotopic (exact) mass is 256 g/mol. The van der Waals surface area contributed by atoms with Crippen LogP contribution < -0.4 is 5.32 Å². The number of benzene rings is 1. The molecule has 0 saturated heterocycles. The second kappa shape index (κ2) is 6.67. The van der Waals surface area contributed by atoms with Gasteiger partial charge in [-0.1, -0.05) is 45.4 Å². The predicted molar refractivity (Wildman–Crippen MR) is 82.2 cm³/mol. The van der Waals surface area contributed by atoms with E-state index in [4.69, 9.17) is 0 Å². The van der Waals surface area contributed by atoms with Crippen molar-refractivity contribution in [2.24, 2.45) is 5.92 Å². The summed E-state index contributed by atoms with van der Waals surface area (Å²) in [6, 6.07) is 9.06. The molecule has 0 spiro atoms. The van der Waals surface area contributed by atoms with Gasteiger partial charge in [0.05, 0.1) is 0 Å². The molecule has 1 heterocycles. The van der Waals surface area contributed by atoms with Gasteiger partial charge in [0.25, 0.3) is 0 Å². The molecule has 0 aliphatic rings. The van der Waals surface area contributed by atoms with Crippen LogP contribution in [-0.2, 0) is 0 Å². The molecule has 0 aliphatic heterocycles. The molecule has 0 radical (unpaired) electrons. The van der Waals surface area contributed by atoms with Crippen LogP contribution in [0.15, 0.2) is 36.7 Å². The first-order valence-corrected chi connectivity index (χ1v) is 7.34. The number of rotatable bonds is 6. The molecule has 1 aromatic carbocycles. The van der Waals surface area contributed by atoms with Crippen LogP contribution >= 0.6 is 0 Å². The fourth-order valence-electron chi connectivity index (χ4n) is 2.87. The fraction of sp³-hybridized carbons (Fsp3) is 0.471. The Morgan fingerprint density at radius 1 is 1.21 bits per heavy atom. The normalized spacial score (nSPS) is 14.5. The quantitative estimate of drug-likeness (QED) is 0.832. The van der Waals surface area contributed by atoms with Gasteiger partial charge < -0.3 is 5.32 Å². The number of pyridine rings is 1. The Kier molecular flexibility index (Phi) is 4.92. The SMILES string of the molecule is CCCC(C)C(NCC)c1cccc2ccncc12. The van der Waals surface area contributed by atoms with Gasteiger partial charge in [-0.3, -0.25) is 4.98 Å². The molecule has 2 atom stereocenters. The first kappa shape index (κ1) is 14.0. The van der Waals surface area contributed by atoms with Gasteiger partial charge in [-0.25, -0.2) is 0 Å². The van der Waals surface area contributed by atoms with Crippen molar-refractivity contribution in [3.63, 3.8) is 0 Å². The molecular weight excluding hydrogens is 232 g/mol. The summed E-state index contributed by atoms with van der Waals surface area (Å²) in [5, 5.41) is 6.20. The second-order valence-corrected chi connectivity index (χ2v) is 5.25. The Labute approximate surface area is 116 Å². The van der Waals surface area contributed by atoms with Gasteiger partial charge >= 0.3 is 0 Å². The summed E-state index contributed by atoms with van der Waals surface area (Å²) in [4.78, 5) is 4.29. The van der Waals surface area contributed by atoms with Crippen molar-refractivity contribution in [2.75, 3.05) is 6.54 Å². The Balaban J connectivity index is 2.43. The Morgan fingerprint density at radius 2 is 2.05 bits per heavy atom. The highest BCUT2D eigenvalue weighted by Gasteiger charge is 2.19. The summed E-state index contributed by atoms with van der Waals surface area (Å²) in [5.74, 6) is 0.635. The summed E-state index contributed by atoms with van der Waals surface area (Å²) in [6.45, 7) is 7.76. The second-order valence-electron chi connectivity index (χ2n) is 5.25. The lowest BCUT2D eigenvalue weighted by Crippen LogP contribution is -2.27. The molecule has 0 fully saturated rings. The standard InChI is InChI=1S/C17H24N2/c1-4-7-13(3)17(19-5-2)15-9-6-8-14-10-11-18-12-16(14)15/h6,8-13,17,19H,4-5,7H2,1-3H3. The zero-order chi connectivity index (χ0) is 13.7. The maximum Gasteiger partial charge on any atom is 0.0352 e. The molecule has 2 unspecified atom stereocenters. The highest BCUT2D eigenvalue weighted by Crippen LogP contribution is 2.30. The first-order chi connectivity index (χ1) is 9.27. The third-order valence-electron chi connectivity index (χ3n) is 3.79. The van der Waals surface area contributed by atoms with Crippen LogP contribution in [0.4, 0.5) is 0 Å². The van der Waals surface area contributed by atoms with Crippen LogP contribution in [0.25, 0.3) is 10.8 Å². The average molecular weight is 256 g/mol. The lowest BCUT2D eigenvalue weighted by atomic mass is 9.88. The van der Waals surface area contributed by atoms with Crippen molar-refractivity contribution in [1.82, 2.24) is 10.3 Å². The topological polar surface area (TPSA) is 24.9 Å². The summed E-state index contributed by atoms with van der Waals surface area (Å²) >= 11 is 0. The molecule has 1 aromatic heterocycles. The van der Waals surface area contributed by atoms with Gasteiger partial charge in [0.1, 0.15) is 0 Å². The maximum absolute atomic E-state index is 4.29. The van der Waals surface area contributed by atoms with Crippen LogP contribution in [0.5, 0.6) is 0 Å². The summed E-state index contributed by atoms with van der Waals surface area (Å²) < 4.78 is 0. The molecule has 2 heteroatoms. The van der Waals surface area contributed by atoms with Gasteiger partial charge in [-0.05, 0) is 35.9 Å². The minimum atomic E-state index is 0.415. The third-order valence-corrected chi connectivity index (χ3v) is 3.79. The molecule has 2 aromatic rings. The van der Waals surface area contributed by atoms with E-state index in [2.05, 4.69) is 55.3 Å². The van der Waals surface area contributed by atoms with E-state index >= 15 is 0 Å². The number of fused-ring (bicyclic) bond motifs is 1. The van der Waals surface area contributed by atoms with Crippen molar-refractivity contribution < 1.29 is 0 Å². The van der Waals surface area contributed by atoms with Crippen LogP contribution in [-0.4, -0.2) is 11.5 Å². The van der Waals surface area contributed by atoms with Crippen molar-refractivity contribution in [1.29, 1.82) is 0 Å². The van der Waals surface area contributed by atoms with Crippen molar-refractivity contribution >= 4 is 10.8 Å². The number of hydrogen-bond donors (Lipinski definition) is 1. The minimum absolute atomic E-state index is 0.415. The highest BCUT2D eigenvalue weighted by molar-refractivity contribution is 5.85. The molecule has 0 aliphatic carbocycles. The molecule has 0 amide bonds. The molecule has 1 N–H and O–H groups in total. The summed E-state index contributed by atoms with van der Waals surface area (Å²) in [7, 11) is 0. The first-order valence-electron chi connectivity index (χ1n) is 7.34. The lowest BCUT2D eigenvalue weighted by molar-refractivity contribution is 0.371. The lowest BCUT2D eigenvalue weighted by Gasteiger charge is -2.26. The van der Waals surface area contributed by atoms with Gasteiger partial charge in [0.2, 0.25) is 0 Å². The van der Waals surface area contributed by atoms with Gasteiger partial charge in [0, 0.05) is 23.8 Å². The molecule has 2 rings (SSSR count). The smallest absolute Gasteiger partial charge is 0.0352 e. The molecular formula is C17H24N2. The van der Waals surface area contributed by atoms with Gasteiger partial charge in [-0.15, -0.1) is 0 Å². The van der Waals surface area contributed by atoms with Crippen LogP contribution in [0.1, 0.15) is 45.2 Å². The van der Waals surface area contributed by atoms with Crippen LogP contribution in [0.2, 0.25) is 0 Å². The largest absolute Gasteiger partial charge is 0.310 e. The van der Waals surface area contributed by atoms with Gasteiger partial charge in [-0.2, -0.15) is 0 Å². The zero-order valence-corrected chi connectivity index (χ0v) is 12.2. The van der Waals surface area contributed by atoms with E-state index in [0.717, 1.165) is 6.54 Å². The highest BCUT2D eigenvalue weighted by atomic mass is 14.9. The minimum Gasteiger partial charge on any atom is -0.310 e. The molecule has 0 saturated carbocycles. The molecule has 2 nitrogen and oxygen atoms in total. The maximum atomic E-state index is 4.29. The van der Waals surface area contributed by atoms with Crippen molar-refractivity contribution in [3.8, 4) is 0 Å². The zero-order valence-electron chi connectivity index (χ0n) is 12.2. The van der Waals surface area contributed by atoms with Crippen molar-refractivity contribution in [2.45, 2.75) is 39.7 Å². The number of hydrogen-bond acceptors (Lipinski definition) is 2. The predicted octanol–water partition coefficient (Wildman–Crippen LogP) is 4.32. The molecule has 0 bridgehead atoms. The Hall–Kier alpha value is -1.41. The van der Waals surface area contributed by atoms with Crippen LogP contribution in [0, 0.1) is 5.92 Å². The molecule has 102 valence electrons. The number of nitrogens with zero attached hydrogens (tertiary/aromatic N) is 1. The Morgan fingerprint density at radius 3 is 2.79 bits per heavy atom. The van der Waals surface area contributed by atoms with Crippen LogP contribution in [0.3, 0.4) is 0 Å². The molecule has 19 heavy (non-hydrogen) atoms. The van der Waals surface area contributed by atoms with E-state index in [1.807, 2.05) is 12.4 Å². The van der Waals surface area contributed by atoms with Gasteiger partial charge in [0.15, 0.2) is 0 Å². The fourth-order valence-corrected chi connectivity index (χ4v) is 2.87. The van der Waals surface area contributed by atoms with E-state index in [1.54, 1.807) is 0 Å². The Bertz CT molecular complexity index is 516. The summed E-state index contributed by atoms with van der Waals surface area (Å²) in [6.07, 6.45) is 6.33. The third kappa shape index (κ3) is 3.13. The number of nitrogens with one attached hydrogen (secondary N) is 1. The van der Waals surface area contributed by atoms with E-state index in [0.29, 0.717) is 12.0 Å². The van der Waals surface area contributed by atoms with E-state index in [9.17, 15) is 0 Å². The average Bonchev–Trinajstić information content (AvgIpc) is 2.44. The van der Waals surface area contributed by atoms with E-state index in [1.165, 1.54) is 29.2 Å².